The van der Waals surface area contributed by atoms with Gasteiger partial charge in [0.25, 0.3) is 0 Å². The van der Waals surface area contributed by atoms with Gasteiger partial charge in [-0.25, -0.2) is 0 Å². The van der Waals surface area contributed by atoms with E-state index in [-0.39, 0.29) is 5.41 Å². The predicted molar refractivity (Wildman–Crippen MR) is 54.4 cm³/mol. The predicted octanol–water partition coefficient (Wildman–Crippen LogP) is 2.90. The lowest BCUT2D eigenvalue weighted by Gasteiger charge is -2.31. The summed E-state index contributed by atoms with van der Waals surface area (Å²) in [5.74, 6) is 0. The van der Waals surface area contributed by atoms with Crippen molar-refractivity contribution in [3.63, 3.8) is 0 Å². The van der Waals surface area contributed by atoms with Crippen LogP contribution in [0.4, 0.5) is 0 Å². The van der Waals surface area contributed by atoms with Gasteiger partial charge in [0, 0.05) is 12.5 Å². The molecule has 2 radical (unpaired) electrons. The average Bonchev–Trinajstić information content (AvgIpc) is 2.15. The Labute approximate surface area is 82.6 Å². The number of hydrogen-bond donors (Lipinski definition) is 0. The summed E-state index contributed by atoms with van der Waals surface area (Å²) in [4.78, 5) is 0. The zero-order chi connectivity index (χ0) is 10.2. The number of methoxy groups -OCH3 is 1. The van der Waals surface area contributed by atoms with E-state index in [0.717, 1.165) is 19.4 Å². The van der Waals surface area contributed by atoms with Crippen molar-refractivity contribution in [1.29, 1.82) is 0 Å². The lowest BCUT2D eigenvalue weighted by molar-refractivity contribution is 0.0109. The number of unbranched alkanes of at least 4 members (excludes halogenated alkanes) is 1. The Morgan fingerprint density at radius 2 is 1.92 bits per heavy atom. The minimum Gasteiger partial charge on any atom is -0.384 e. The van der Waals surface area contributed by atoms with Crippen LogP contribution in [-0.4, -0.2) is 20.3 Å². The van der Waals surface area contributed by atoms with Crippen molar-refractivity contribution in [2.75, 3.05) is 20.3 Å². The zero-order valence-corrected chi connectivity index (χ0v) is 9.14. The van der Waals surface area contributed by atoms with E-state index >= 15 is 0 Å². The quantitative estimate of drug-likeness (QED) is 0.580. The van der Waals surface area contributed by atoms with Gasteiger partial charge in [-0.15, -0.1) is 0 Å². The second-order valence-electron chi connectivity index (χ2n) is 3.70. The molecule has 1 atom stereocenters. The summed E-state index contributed by atoms with van der Waals surface area (Å²) in [5, 5.41) is 0. The molecule has 0 N–H and O–H groups in total. The van der Waals surface area contributed by atoms with Gasteiger partial charge in [0.15, 0.2) is 0 Å². The molecule has 0 aliphatic heterocycles. The maximum Gasteiger partial charge on any atom is 0.115 e. The smallest absolute Gasteiger partial charge is 0.115 e. The highest BCUT2D eigenvalue weighted by molar-refractivity contribution is 4.77. The first-order chi connectivity index (χ1) is 6.24. The van der Waals surface area contributed by atoms with E-state index in [0.29, 0.717) is 6.61 Å². The fourth-order valence-electron chi connectivity index (χ4n) is 1.60. The third-order valence-electron chi connectivity index (χ3n) is 2.65. The third kappa shape index (κ3) is 4.63. The summed E-state index contributed by atoms with van der Waals surface area (Å²) >= 11 is 0. The first kappa shape index (κ1) is 12.9. The molecule has 0 aromatic rings. The first-order valence-electron chi connectivity index (χ1n) is 5.05. The van der Waals surface area contributed by atoms with Gasteiger partial charge in [-0.3, -0.25) is 0 Å². The van der Waals surface area contributed by atoms with Crippen LogP contribution in [0.2, 0.25) is 0 Å². The van der Waals surface area contributed by atoms with Gasteiger partial charge in [-0.05, 0) is 12.8 Å². The van der Waals surface area contributed by atoms with Crippen LogP contribution in [0.5, 0.6) is 0 Å². The molecule has 0 saturated heterocycles. The Hall–Kier alpha value is -0.0800. The Morgan fingerprint density at radius 1 is 1.23 bits per heavy atom. The van der Waals surface area contributed by atoms with Gasteiger partial charge in [-0.2, -0.15) is 0 Å². The summed E-state index contributed by atoms with van der Waals surface area (Å²) in [7, 11) is 6.87. The number of hydrogen-bond acceptors (Lipinski definition) is 2. The van der Waals surface area contributed by atoms with Gasteiger partial charge in [-0.1, -0.05) is 26.7 Å². The minimum atomic E-state index is 0.125. The van der Waals surface area contributed by atoms with Crippen LogP contribution in [0.3, 0.4) is 0 Å². The minimum absolute atomic E-state index is 0.125. The summed E-state index contributed by atoms with van der Waals surface area (Å²) in [6.07, 6.45) is 4.60. The Balaban J connectivity index is 4.07. The molecule has 0 spiro atoms. The van der Waals surface area contributed by atoms with Crippen molar-refractivity contribution in [3.8, 4) is 0 Å². The fraction of sp³-hybridized carbons (Fsp3) is 0.909. The van der Waals surface area contributed by atoms with Gasteiger partial charge >= 0.3 is 0 Å². The van der Waals surface area contributed by atoms with E-state index < -0.39 is 0 Å². The van der Waals surface area contributed by atoms with Crippen molar-refractivity contribution in [2.45, 2.75) is 39.5 Å². The molecule has 2 nitrogen and oxygen atoms in total. The molecule has 13 heavy (non-hydrogen) atoms. The molecule has 0 aliphatic carbocycles. The van der Waals surface area contributed by atoms with E-state index in [1.54, 1.807) is 7.11 Å². The molecule has 0 aliphatic rings. The molecule has 0 aromatic heterocycles. The van der Waals surface area contributed by atoms with Crippen LogP contribution >= 0.6 is 0 Å². The van der Waals surface area contributed by atoms with E-state index in [9.17, 15) is 0 Å². The van der Waals surface area contributed by atoms with Crippen molar-refractivity contribution in [1.82, 2.24) is 0 Å². The monoisotopic (exact) mass is 186 g/mol. The highest BCUT2D eigenvalue weighted by Crippen LogP contribution is 2.29. The van der Waals surface area contributed by atoms with Crippen molar-refractivity contribution in [2.24, 2.45) is 5.41 Å². The summed E-state index contributed by atoms with van der Waals surface area (Å²) in [5.41, 5.74) is 0.125. The highest BCUT2D eigenvalue weighted by Gasteiger charge is 2.27. The Morgan fingerprint density at radius 3 is 2.31 bits per heavy atom. The number of ether oxygens (including phenoxy) is 2. The third-order valence-corrected chi connectivity index (χ3v) is 2.65. The van der Waals surface area contributed by atoms with Crippen molar-refractivity contribution in [3.05, 3.63) is 7.11 Å². The van der Waals surface area contributed by atoms with Gasteiger partial charge in [0.05, 0.1) is 13.2 Å². The SMILES string of the molecule is [CH]OCC(CC)(CCCC)COC. The zero-order valence-electron chi connectivity index (χ0n) is 9.14. The summed E-state index contributed by atoms with van der Waals surface area (Å²) in [6, 6.07) is 0. The normalized spacial score (nSPS) is 12.0. The molecular formula is C11H22O2. The molecule has 0 bridgehead atoms. The second kappa shape index (κ2) is 7.34. The van der Waals surface area contributed by atoms with Crippen LogP contribution in [-0.2, 0) is 9.47 Å². The van der Waals surface area contributed by atoms with E-state index in [4.69, 9.17) is 16.6 Å². The van der Waals surface area contributed by atoms with Crippen LogP contribution in [0, 0.1) is 12.5 Å². The highest BCUT2D eigenvalue weighted by atomic mass is 16.5. The topological polar surface area (TPSA) is 18.5 Å². The molecule has 0 heterocycles. The van der Waals surface area contributed by atoms with Gasteiger partial charge in [0.2, 0.25) is 0 Å². The molecule has 0 amide bonds. The molecule has 1 unspecified atom stereocenters. The number of rotatable bonds is 8. The van der Waals surface area contributed by atoms with Crippen LogP contribution in [0.25, 0.3) is 0 Å². The molecule has 78 valence electrons. The van der Waals surface area contributed by atoms with Gasteiger partial charge in [0.1, 0.15) is 7.11 Å². The average molecular weight is 186 g/mol. The first-order valence-corrected chi connectivity index (χ1v) is 5.05. The van der Waals surface area contributed by atoms with Crippen LogP contribution < -0.4 is 0 Å². The lowest BCUT2D eigenvalue weighted by Crippen LogP contribution is -2.30. The van der Waals surface area contributed by atoms with E-state index in [2.05, 4.69) is 13.8 Å². The molecule has 0 fully saturated rings. The maximum absolute atomic E-state index is 5.21. The van der Waals surface area contributed by atoms with E-state index in [1.807, 2.05) is 0 Å². The van der Waals surface area contributed by atoms with Gasteiger partial charge < -0.3 is 9.47 Å². The van der Waals surface area contributed by atoms with E-state index in [1.165, 1.54) is 12.8 Å². The largest absolute Gasteiger partial charge is 0.384 e. The van der Waals surface area contributed by atoms with Crippen LogP contribution in [0.1, 0.15) is 39.5 Å². The molecular weight excluding hydrogens is 164 g/mol. The lowest BCUT2D eigenvalue weighted by atomic mass is 9.82. The maximum atomic E-state index is 5.21. The molecule has 2 heteroatoms. The fourth-order valence-corrected chi connectivity index (χ4v) is 1.60. The molecule has 0 rings (SSSR count). The van der Waals surface area contributed by atoms with Crippen LogP contribution in [0.15, 0.2) is 0 Å². The molecule has 0 saturated carbocycles. The standard InChI is InChI=1S/C11H22O2/c1-5-7-8-11(6-2,9-12-3)10-13-4/h3H,5-10H2,1-2,4H3. The molecule has 0 aromatic carbocycles. The second-order valence-corrected chi connectivity index (χ2v) is 3.70. The Kier molecular flexibility index (Phi) is 7.29. The van der Waals surface area contributed by atoms with Crippen molar-refractivity contribution < 1.29 is 9.47 Å². The summed E-state index contributed by atoms with van der Waals surface area (Å²) in [6.45, 7) is 5.68. The van der Waals surface area contributed by atoms with Crippen molar-refractivity contribution >= 4 is 0 Å². The Bertz CT molecular complexity index is 107. The summed E-state index contributed by atoms with van der Waals surface area (Å²) < 4.78 is 9.98.